The van der Waals surface area contributed by atoms with E-state index in [9.17, 15) is 0 Å². The molecule has 1 aromatic rings. The van der Waals surface area contributed by atoms with Crippen molar-refractivity contribution in [2.24, 2.45) is 0 Å². The van der Waals surface area contributed by atoms with Gasteiger partial charge in [-0.05, 0) is 25.0 Å². The highest BCUT2D eigenvalue weighted by atomic mass is 79.9. The molecule has 1 rings (SSSR count). The molecule has 0 amide bonds. The minimum atomic E-state index is 0. The fraction of sp³-hybridized carbons (Fsp3) is 0.792. The van der Waals surface area contributed by atoms with E-state index in [1.165, 1.54) is 96.4 Å². The number of quaternary nitrogens is 1. The van der Waals surface area contributed by atoms with Crippen LogP contribution in [-0.2, 0) is 0 Å². The summed E-state index contributed by atoms with van der Waals surface area (Å²) in [7, 11) is 6.88. The zero-order chi connectivity index (χ0) is 19.3. The summed E-state index contributed by atoms with van der Waals surface area (Å²) in [4.78, 5) is 3.78. The van der Waals surface area contributed by atoms with Gasteiger partial charge in [-0.1, -0.05) is 90.0 Å². The Balaban J connectivity index is 0. The third-order valence-electron chi connectivity index (χ3n) is 4.75. The van der Waals surface area contributed by atoms with Crippen molar-refractivity contribution in [1.29, 1.82) is 0 Å². The molecule has 0 bridgehead atoms. The first-order chi connectivity index (χ1) is 12.6. The van der Waals surface area contributed by atoms with Gasteiger partial charge in [0.05, 0.1) is 27.7 Å². The fourth-order valence-corrected chi connectivity index (χ4v) is 3.09. The molecule has 0 unspecified atom stereocenters. The fourth-order valence-electron chi connectivity index (χ4n) is 3.09. The molecule has 0 aliphatic heterocycles. The molecule has 1 aromatic heterocycles. The normalized spacial score (nSPS) is 10.7. The van der Waals surface area contributed by atoms with Crippen molar-refractivity contribution in [2.45, 2.75) is 96.8 Å². The summed E-state index contributed by atoms with van der Waals surface area (Å²) in [5, 5.41) is 0. The van der Waals surface area contributed by atoms with Crippen molar-refractivity contribution in [3.05, 3.63) is 30.6 Å². The van der Waals surface area contributed by atoms with E-state index in [1.807, 2.05) is 18.2 Å². The molecule has 0 saturated heterocycles. The van der Waals surface area contributed by atoms with E-state index in [0.717, 1.165) is 4.48 Å². The molecular weight excluding hydrogens is 396 g/mol. The second-order valence-corrected chi connectivity index (χ2v) is 8.63. The second-order valence-electron chi connectivity index (χ2n) is 8.63. The average molecular weight is 444 g/mol. The van der Waals surface area contributed by atoms with E-state index >= 15 is 0 Å². The highest BCUT2D eigenvalue weighted by molar-refractivity contribution is 4.88. The first-order valence-corrected chi connectivity index (χ1v) is 11.2. The average Bonchev–Trinajstić information content (AvgIpc) is 2.63. The molecule has 1 heterocycles. The van der Waals surface area contributed by atoms with Crippen LogP contribution < -0.4 is 17.0 Å². The van der Waals surface area contributed by atoms with E-state index in [1.54, 1.807) is 12.4 Å². The highest BCUT2D eigenvalue weighted by Crippen LogP contribution is 2.13. The smallest absolute Gasteiger partial charge is 0.0780 e. The molecule has 160 valence electrons. The van der Waals surface area contributed by atoms with Crippen LogP contribution in [0.5, 0.6) is 0 Å². The third-order valence-corrected chi connectivity index (χ3v) is 4.75. The number of rotatable bonds is 15. The van der Waals surface area contributed by atoms with E-state index in [0.29, 0.717) is 0 Å². The predicted octanol–water partition coefficient (Wildman–Crippen LogP) is 4.26. The van der Waals surface area contributed by atoms with Crippen LogP contribution in [-0.4, -0.2) is 37.2 Å². The summed E-state index contributed by atoms with van der Waals surface area (Å²) in [6.45, 7) is 3.63. The van der Waals surface area contributed by atoms with E-state index in [4.69, 9.17) is 0 Å². The van der Waals surface area contributed by atoms with Gasteiger partial charge in [-0.3, -0.25) is 4.98 Å². The summed E-state index contributed by atoms with van der Waals surface area (Å²) >= 11 is 0. The second kappa shape index (κ2) is 21.9. The Kier molecular flexibility index (Phi) is 23.3. The maximum atomic E-state index is 3.78. The molecule has 0 aromatic carbocycles. The zero-order valence-corrected chi connectivity index (χ0v) is 20.4. The molecule has 27 heavy (non-hydrogen) atoms. The topological polar surface area (TPSA) is 12.9 Å². The summed E-state index contributed by atoms with van der Waals surface area (Å²) in [5.74, 6) is 0. The van der Waals surface area contributed by atoms with Crippen LogP contribution in [0.2, 0.25) is 0 Å². The molecule has 0 radical (unpaired) electrons. The Bertz CT molecular complexity index is 336. The maximum absolute atomic E-state index is 3.78. The lowest BCUT2D eigenvalue weighted by Gasteiger charge is -2.23. The van der Waals surface area contributed by atoms with Gasteiger partial charge in [-0.2, -0.15) is 0 Å². The minimum Gasteiger partial charge on any atom is -1.00 e. The van der Waals surface area contributed by atoms with Gasteiger partial charge in [0.25, 0.3) is 0 Å². The Hall–Kier alpha value is -0.410. The Morgan fingerprint density at radius 3 is 1.19 bits per heavy atom. The first kappa shape index (κ1) is 28.8. The SMILES string of the molecule is CCCCCCCCCCCCCCCC[N+](C)(C)C.[Br-].c1ccncc1. The van der Waals surface area contributed by atoms with E-state index in [-0.39, 0.29) is 17.0 Å². The molecule has 0 aliphatic rings. The van der Waals surface area contributed by atoms with Gasteiger partial charge in [0.2, 0.25) is 0 Å². The number of hydrogen-bond acceptors (Lipinski definition) is 1. The summed E-state index contributed by atoms with van der Waals surface area (Å²) < 4.78 is 1.12. The Morgan fingerprint density at radius 2 is 0.926 bits per heavy atom. The van der Waals surface area contributed by atoms with Crippen molar-refractivity contribution in [3.8, 4) is 0 Å². The van der Waals surface area contributed by atoms with Crippen molar-refractivity contribution in [2.75, 3.05) is 27.7 Å². The van der Waals surface area contributed by atoms with Gasteiger partial charge < -0.3 is 21.5 Å². The lowest BCUT2D eigenvalue weighted by atomic mass is 10.0. The van der Waals surface area contributed by atoms with Crippen molar-refractivity contribution < 1.29 is 21.5 Å². The summed E-state index contributed by atoms with van der Waals surface area (Å²) in [6.07, 6.45) is 23.9. The predicted molar refractivity (Wildman–Crippen MR) is 117 cm³/mol. The van der Waals surface area contributed by atoms with Crippen molar-refractivity contribution >= 4 is 0 Å². The summed E-state index contributed by atoms with van der Waals surface area (Å²) in [5.41, 5.74) is 0. The minimum absolute atomic E-state index is 0. The largest absolute Gasteiger partial charge is 1.00 e. The molecule has 3 heteroatoms. The molecule has 0 spiro atoms. The first-order valence-electron chi connectivity index (χ1n) is 11.2. The molecule has 0 saturated carbocycles. The number of unbranched alkanes of at least 4 members (excludes halogenated alkanes) is 13. The molecule has 0 N–H and O–H groups in total. The van der Waals surface area contributed by atoms with E-state index < -0.39 is 0 Å². The highest BCUT2D eigenvalue weighted by Gasteiger charge is 2.04. The summed E-state index contributed by atoms with van der Waals surface area (Å²) in [6, 6.07) is 5.72. The lowest BCUT2D eigenvalue weighted by molar-refractivity contribution is -0.870. The lowest BCUT2D eigenvalue weighted by Crippen LogP contribution is -3.00. The van der Waals surface area contributed by atoms with Gasteiger partial charge in [-0.25, -0.2) is 0 Å². The van der Waals surface area contributed by atoms with Gasteiger partial charge in [-0.15, -0.1) is 0 Å². The van der Waals surface area contributed by atoms with Crippen LogP contribution in [0, 0.1) is 0 Å². The zero-order valence-electron chi connectivity index (χ0n) is 18.8. The van der Waals surface area contributed by atoms with Gasteiger partial charge in [0.15, 0.2) is 0 Å². The molecule has 0 fully saturated rings. The van der Waals surface area contributed by atoms with Crippen molar-refractivity contribution in [1.82, 2.24) is 4.98 Å². The van der Waals surface area contributed by atoms with Crippen LogP contribution in [0.1, 0.15) is 96.8 Å². The Morgan fingerprint density at radius 1 is 0.556 bits per heavy atom. The number of aromatic nitrogens is 1. The third kappa shape index (κ3) is 27.9. The quantitative estimate of drug-likeness (QED) is 0.292. The van der Waals surface area contributed by atoms with Crippen LogP contribution in [0.4, 0.5) is 0 Å². The standard InChI is InChI=1S/C19H42N.C5H5N.BrH/c1-5-6-7-8-9-10-11-12-13-14-15-16-17-18-19-20(2,3)4;1-2-4-6-5-3-1;/h5-19H2,1-4H3;1-5H;1H/q+1;;/p-1. The maximum Gasteiger partial charge on any atom is 0.0780 e. The molecule has 0 aliphatic carbocycles. The van der Waals surface area contributed by atoms with E-state index in [2.05, 4.69) is 33.1 Å². The number of pyridine rings is 1. The van der Waals surface area contributed by atoms with Gasteiger partial charge in [0.1, 0.15) is 0 Å². The van der Waals surface area contributed by atoms with Crippen LogP contribution in [0.15, 0.2) is 30.6 Å². The number of halogens is 1. The van der Waals surface area contributed by atoms with Crippen LogP contribution >= 0.6 is 0 Å². The van der Waals surface area contributed by atoms with Crippen LogP contribution in [0.25, 0.3) is 0 Å². The monoisotopic (exact) mass is 442 g/mol. The molecule has 0 atom stereocenters. The molecule has 2 nitrogen and oxygen atoms in total. The Labute approximate surface area is 181 Å². The molecular formula is C24H47BrN2. The number of nitrogens with zero attached hydrogens (tertiary/aromatic N) is 2. The van der Waals surface area contributed by atoms with Crippen molar-refractivity contribution in [3.63, 3.8) is 0 Å². The van der Waals surface area contributed by atoms with Crippen LogP contribution in [0.3, 0.4) is 0 Å². The van der Waals surface area contributed by atoms with Gasteiger partial charge >= 0.3 is 0 Å². The number of hydrogen-bond donors (Lipinski definition) is 0. The van der Waals surface area contributed by atoms with Gasteiger partial charge in [0, 0.05) is 12.4 Å².